The van der Waals surface area contributed by atoms with E-state index in [1.165, 1.54) is 38.8 Å². The Morgan fingerprint density at radius 3 is 1.92 bits per heavy atom. The summed E-state index contributed by atoms with van der Waals surface area (Å²) < 4.78 is 0. The summed E-state index contributed by atoms with van der Waals surface area (Å²) in [6, 6.07) is 0. The average molecular weight is 181 g/mol. The molecule has 2 rings (SSSR count). The predicted molar refractivity (Wildman–Crippen MR) is 56.6 cm³/mol. The van der Waals surface area contributed by atoms with E-state index in [2.05, 4.69) is 19.2 Å². The van der Waals surface area contributed by atoms with Gasteiger partial charge in [0.05, 0.1) is 0 Å². The molecule has 1 nitrogen and oxygen atoms in total. The van der Waals surface area contributed by atoms with Gasteiger partial charge in [0, 0.05) is 0 Å². The second kappa shape index (κ2) is 4.00. The third-order valence-corrected chi connectivity index (χ3v) is 4.24. The average Bonchev–Trinajstić information content (AvgIpc) is 2.02. The lowest BCUT2D eigenvalue weighted by atomic mass is 9.71. The molecule has 1 aliphatic carbocycles. The Kier molecular flexibility index (Phi) is 2.92. The van der Waals surface area contributed by atoms with E-state index in [-0.39, 0.29) is 0 Å². The fourth-order valence-corrected chi connectivity index (χ4v) is 2.93. The molecule has 1 N–H and O–H groups in total. The van der Waals surface area contributed by atoms with Gasteiger partial charge in [-0.25, -0.2) is 0 Å². The second-order valence-electron chi connectivity index (χ2n) is 5.34. The Labute approximate surface area is 82.3 Å². The Morgan fingerprint density at radius 1 is 0.923 bits per heavy atom. The first kappa shape index (κ1) is 9.51. The van der Waals surface area contributed by atoms with E-state index in [0.717, 1.165) is 23.7 Å². The van der Waals surface area contributed by atoms with Gasteiger partial charge in [0.25, 0.3) is 0 Å². The summed E-state index contributed by atoms with van der Waals surface area (Å²) in [5.41, 5.74) is 0. The first-order valence-electron chi connectivity index (χ1n) is 5.98. The Bertz CT molecular complexity index is 153. The van der Waals surface area contributed by atoms with Gasteiger partial charge >= 0.3 is 0 Å². The maximum Gasteiger partial charge on any atom is -0.000559 e. The highest BCUT2D eigenvalue weighted by Gasteiger charge is 2.31. The minimum absolute atomic E-state index is 0.917. The van der Waals surface area contributed by atoms with E-state index in [4.69, 9.17) is 0 Å². The van der Waals surface area contributed by atoms with E-state index in [9.17, 15) is 0 Å². The maximum atomic E-state index is 3.39. The van der Waals surface area contributed by atoms with Crippen molar-refractivity contribution >= 4 is 0 Å². The van der Waals surface area contributed by atoms with Crippen LogP contribution >= 0.6 is 0 Å². The molecule has 0 radical (unpaired) electrons. The fourth-order valence-electron chi connectivity index (χ4n) is 2.93. The standard InChI is InChI=1S/C12H23N/c1-9(2)10-3-5-11(6-4-10)12-7-13-8-12/h9-13H,3-8H2,1-2H3. The molecule has 2 fully saturated rings. The van der Waals surface area contributed by atoms with Crippen molar-refractivity contribution < 1.29 is 0 Å². The van der Waals surface area contributed by atoms with Crippen LogP contribution in [0.5, 0.6) is 0 Å². The zero-order valence-corrected chi connectivity index (χ0v) is 9.05. The van der Waals surface area contributed by atoms with Crippen molar-refractivity contribution in [3.05, 3.63) is 0 Å². The van der Waals surface area contributed by atoms with Gasteiger partial charge in [0.2, 0.25) is 0 Å². The molecular weight excluding hydrogens is 158 g/mol. The number of nitrogens with one attached hydrogen (secondary N) is 1. The lowest BCUT2D eigenvalue weighted by Crippen LogP contribution is -2.47. The molecule has 0 atom stereocenters. The molecule has 0 amide bonds. The minimum Gasteiger partial charge on any atom is -0.316 e. The molecular formula is C12H23N. The van der Waals surface area contributed by atoms with Crippen LogP contribution in [0.3, 0.4) is 0 Å². The van der Waals surface area contributed by atoms with Crippen LogP contribution in [-0.4, -0.2) is 13.1 Å². The number of hydrogen-bond donors (Lipinski definition) is 1. The van der Waals surface area contributed by atoms with Gasteiger partial charge in [-0.3, -0.25) is 0 Å². The quantitative estimate of drug-likeness (QED) is 0.690. The van der Waals surface area contributed by atoms with Crippen LogP contribution in [0, 0.1) is 23.7 Å². The predicted octanol–water partition coefficient (Wildman–Crippen LogP) is 2.67. The van der Waals surface area contributed by atoms with E-state index < -0.39 is 0 Å². The van der Waals surface area contributed by atoms with Gasteiger partial charge in [0.15, 0.2) is 0 Å². The van der Waals surface area contributed by atoms with Crippen LogP contribution < -0.4 is 5.32 Å². The number of hydrogen-bond acceptors (Lipinski definition) is 1. The third kappa shape index (κ3) is 2.07. The van der Waals surface area contributed by atoms with Crippen LogP contribution in [0.2, 0.25) is 0 Å². The van der Waals surface area contributed by atoms with Gasteiger partial charge in [-0.05, 0) is 62.4 Å². The normalized spacial score (nSPS) is 36.2. The molecule has 0 spiro atoms. The van der Waals surface area contributed by atoms with Gasteiger partial charge < -0.3 is 5.32 Å². The van der Waals surface area contributed by atoms with Crippen molar-refractivity contribution in [3.63, 3.8) is 0 Å². The first-order valence-corrected chi connectivity index (χ1v) is 5.98. The van der Waals surface area contributed by atoms with Crippen molar-refractivity contribution in [3.8, 4) is 0 Å². The van der Waals surface area contributed by atoms with Crippen molar-refractivity contribution in [1.82, 2.24) is 5.32 Å². The molecule has 1 heteroatoms. The zero-order chi connectivity index (χ0) is 9.26. The van der Waals surface area contributed by atoms with Crippen molar-refractivity contribution in [2.75, 3.05) is 13.1 Å². The van der Waals surface area contributed by atoms with E-state index >= 15 is 0 Å². The zero-order valence-electron chi connectivity index (χ0n) is 9.05. The highest BCUT2D eigenvalue weighted by Crippen LogP contribution is 2.37. The lowest BCUT2D eigenvalue weighted by molar-refractivity contribution is 0.139. The molecule has 1 saturated carbocycles. The minimum atomic E-state index is 0.917. The summed E-state index contributed by atoms with van der Waals surface area (Å²) in [6.45, 7) is 7.37. The summed E-state index contributed by atoms with van der Waals surface area (Å²) in [5.74, 6) is 4.05. The number of rotatable bonds is 2. The highest BCUT2D eigenvalue weighted by atomic mass is 14.9. The Balaban J connectivity index is 1.75. The Morgan fingerprint density at radius 2 is 1.54 bits per heavy atom. The molecule has 1 saturated heterocycles. The molecule has 0 aromatic heterocycles. The van der Waals surface area contributed by atoms with Crippen molar-refractivity contribution in [2.45, 2.75) is 39.5 Å². The van der Waals surface area contributed by atoms with Crippen molar-refractivity contribution in [1.29, 1.82) is 0 Å². The van der Waals surface area contributed by atoms with Crippen molar-refractivity contribution in [2.24, 2.45) is 23.7 Å². The van der Waals surface area contributed by atoms with Gasteiger partial charge in [0.1, 0.15) is 0 Å². The van der Waals surface area contributed by atoms with Crippen LogP contribution in [0.4, 0.5) is 0 Å². The molecule has 1 heterocycles. The summed E-state index contributed by atoms with van der Waals surface area (Å²) in [7, 11) is 0. The SMILES string of the molecule is CC(C)C1CCC(C2CNC2)CC1. The second-order valence-corrected chi connectivity index (χ2v) is 5.34. The van der Waals surface area contributed by atoms with Gasteiger partial charge in [-0.2, -0.15) is 0 Å². The van der Waals surface area contributed by atoms with Gasteiger partial charge in [-0.15, -0.1) is 0 Å². The van der Waals surface area contributed by atoms with Crippen LogP contribution in [0.25, 0.3) is 0 Å². The Hall–Kier alpha value is -0.0400. The topological polar surface area (TPSA) is 12.0 Å². The monoisotopic (exact) mass is 181 g/mol. The van der Waals surface area contributed by atoms with Gasteiger partial charge in [-0.1, -0.05) is 13.8 Å². The summed E-state index contributed by atoms with van der Waals surface area (Å²) in [6.07, 6.45) is 6.02. The molecule has 0 bridgehead atoms. The van der Waals surface area contributed by atoms with E-state index in [1.807, 2.05) is 0 Å². The molecule has 13 heavy (non-hydrogen) atoms. The highest BCUT2D eigenvalue weighted by molar-refractivity contribution is 4.85. The molecule has 0 aromatic carbocycles. The maximum absolute atomic E-state index is 3.39. The lowest BCUT2D eigenvalue weighted by Gasteiger charge is -2.39. The smallest absolute Gasteiger partial charge is 0.000559 e. The van der Waals surface area contributed by atoms with Crippen LogP contribution in [0.1, 0.15) is 39.5 Å². The fraction of sp³-hybridized carbons (Fsp3) is 1.00. The molecule has 0 unspecified atom stereocenters. The third-order valence-electron chi connectivity index (χ3n) is 4.24. The molecule has 76 valence electrons. The summed E-state index contributed by atoms with van der Waals surface area (Å²) in [5, 5.41) is 3.39. The first-order chi connectivity index (χ1) is 6.27. The van der Waals surface area contributed by atoms with Crippen LogP contribution in [0.15, 0.2) is 0 Å². The molecule has 0 aromatic rings. The molecule has 1 aliphatic heterocycles. The molecule has 2 aliphatic rings. The van der Waals surface area contributed by atoms with E-state index in [0.29, 0.717) is 0 Å². The summed E-state index contributed by atoms with van der Waals surface area (Å²) in [4.78, 5) is 0. The van der Waals surface area contributed by atoms with Crippen LogP contribution in [-0.2, 0) is 0 Å². The largest absolute Gasteiger partial charge is 0.316 e. The summed E-state index contributed by atoms with van der Waals surface area (Å²) >= 11 is 0. The van der Waals surface area contributed by atoms with E-state index in [1.54, 1.807) is 0 Å².